The highest BCUT2D eigenvalue weighted by molar-refractivity contribution is 5.97. The standard InChI is InChI=1S/C17H16FNO3/c1-10-4-3-5-12(8-10)15(17(21)22)19-16(20)13-7-6-11(2)9-14(13)18/h3-9,15H,1-2H3,(H,19,20)(H,21,22). The zero-order valence-electron chi connectivity index (χ0n) is 12.3. The van der Waals surface area contributed by atoms with E-state index in [1.54, 1.807) is 31.2 Å². The summed E-state index contributed by atoms with van der Waals surface area (Å²) in [6, 6.07) is 9.76. The van der Waals surface area contributed by atoms with E-state index >= 15 is 0 Å². The number of benzene rings is 2. The van der Waals surface area contributed by atoms with Crippen molar-refractivity contribution in [1.82, 2.24) is 5.32 Å². The van der Waals surface area contributed by atoms with Crippen molar-refractivity contribution in [2.45, 2.75) is 19.9 Å². The SMILES string of the molecule is Cc1cccc(C(NC(=O)c2ccc(C)cc2F)C(=O)O)c1. The molecule has 0 aliphatic rings. The number of aliphatic carboxylic acids is 1. The van der Waals surface area contributed by atoms with Gasteiger partial charge < -0.3 is 10.4 Å². The van der Waals surface area contributed by atoms with E-state index in [0.717, 1.165) is 5.56 Å². The summed E-state index contributed by atoms with van der Waals surface area (Å²) in [5, 5.41) is 11.7. The molecule has 0 heterocycles. The second kappa shape index (κ2) is 6.39. The highest BCUT2D eigenvalue weighted by Crippen LogP contribution is 2.17. The van der Waals surface area contributed by atoms with Crippen LogP contribution in [0.2, 0.25) is 0 Å². The molecule has 5 heteroatoms. The van der Waals surface area contributed by atoms with Gasteiger partial charge >= 0.3 is 5.97 Å². The maximum absolute atomic E-state index is 13.8. The lowest BCUT2D eigenvalue weighted by Crippen LogP contribution is -2.34. The van der Waals surface area contributed by atoms with E-state index in [-0.39, 0.29) is 5.56 Å². The number of carbonyl (C=O) groups excluding carboxylic acids is 1. The van der Waals surface area contributed by atoms with E-state index in [1.807, 2.05) is 13.0 Å². The predicted molar refractivity (Wildman–Crippen MR) is 80.2 cm³/mol. The highest BCUT2D eigenvalue weighted by Gasteiger charge is 2.24. The predicted octanol–water partition coefficient (Wildman–Crippen LogP) is 3.00. The van der Waals surface area contributed by atoms with Gasteiger partial charge in [0.2, 0.25) is 0 Å². The fourth-order valence-corrected chi connectivity index (χ4v) is 2.15. The molecule has 0 spiro atoms. The van der Waals surface area contributed by atoms with Crippen molar-refractivity contribution in [1.29, 1.82) is 0 Å². The van der Waals surface area contributed by atoms with Crippen LogP contribution in [0.25, 0.3) is 0 Å². The molecule has 1 amide bonds. The van der Waals surface area contributed by atoms with Gasteiger partial charge in [-0.25, -0.2) is 9.18 Å². The van der Waals surface area contributed by atoms with Gasteiger partial charge in [0, 0.05) is 0 Å². The van der Waals surface area contributed by atoms with Gasteiger partial charge in [0.05, 0.1) is 5.56 Å². The van der Waals surface area contributed by atoms with Crippen LogP contribution in [0.1, 0.15) is 33.1 Å². The molecule has 4 nitrogen and oxygen atoms in total. The Balaban J connectivity index is 2.28. The monoisotopic (exact) mass is 301 g/mol. The number of hydrogen-bond donors (Lipinski definition) is 2. The summed E-state index contributed by atoms with van der Waals surface area (Å²) in [5.41, 5.74) is 1.82. The Morgan fingerprint density at radius 2 is 1.77 bits per heavy atom. The second-order valence-electron chi connectivity index (χ2n) is 5.14. The molecule has 2 N–H and O–H groups in total. The van der Waals surface area contributed by atoms with Crippen LogP contribution in [-0.2, 0) is 4.79 Å². The van der Waals surface area contributed by atoms with Crippen molar-refractivity contribution >= 4 is 11.9 Å². The quantitative estimate of drug-likeness (QED) is 0.912. The smallest absolute Gasteiger partial charge is 0.330 e. The molecule has 114 valence electrons. The first-order chi connectivity index (χ1) is 10.4. The summed E-state index contributed by atoms with van der Waals surface area (Å²) in [6.45, 7) is 3.53. The van der Waals surface area contributed by atoms with E-state index in [2.05, 4.69) is 5.32 Å². The van der Waals surface area contributed by atoms with Crippen LogP contribution in [0.5, 0.6) is 0 Å². The maximum atomic E-state index is 13.8. The normalized spacial score (nSPS) is 11.8. The van der Waals surface area contributed by atoms with Crippen molar-refractivity contribution < 1.29 is 19.1 Å². The summed E-state index contributed by atoms with van der Waals surface area (Å²) in [4.78, 5) is 23.5. The molecule has 1 unspecified atom stereocenters. The first-order valence-electron chi connectivity index (χ1n) is 6.75. The zero-order valence-corrected chi connectivity index (χ0v) is 12.3. The van der Waals surface area contributed by atoms with Crippen molar-refractivity contribution in [2.24, 2.45) is 0 Å². The maximum Gasteiger partial charge on any atom is 0.330 e. The molecule has 2 rings (SSSR count). The number of nitrogens with one attached hydrogen (secondary N) is 1. The Hall–Kier alpha value is -2.69. The first-order valence-corrected chi connectivity index (χ1v) is 6.75. The Kier molecular flexibility index (Phi) is 4.56. The number of carbonyl (C=O) groups is 2. The molecule has 0 saturated carbocycles. The Morgan fingerprint density at radius 3 is 2.36 bits per heavy atom. The van der Waals surface area contributed by atoms with Crippen molar-refractivity contribution in [2.75, 3.05) is 0 Å². The van der Waals surface area contributed by atoms with E-state index < -0.39 is 23.7 Å². The van der Waals surface area contributed by atoms with Crippen LogP contribution in [-0.4, -0.2) is 17.0 Å². The molecular weight excluding hydrogens is 285 g/mol. The summed E-state index contributed by atoms with van der Waals surface area (Å²) in [5.74, 6) is -2.64. The van der Waals surface area contributed by atoms with Gasteiger partial charge in [-0.2, -0.15) is 0 Å². The first kappa shape index (κ1) is 15.7. The lowest BCUT2D eigenvalue weighted by atomic mass is 10.0. The number of hydrogen-bond acceptors (Lipinski definition) is 2. The summed E-state index contributed by atoms with van der Waals surface area (Å²) < 4.78 is 13.8. The average molecular weight is 301 g/mol. The summed E-state index contributed by atoms with van der Waals surface area (Å²) in [6.07, 6.45) is 0. The Morgan fingerprint density at radius 1 is 1.09 bits per heavy atom. The van der Waals surface area contributed by atoms with Crippen molar-refractivity contribution in [3.05, 3.63) is 70.5 Å². The molecule has 0 radical (unpaired) electrons. The average Bonchev–Trinajstić information content (AvgIpc) is 2.44. The molecule has 2 aromatic rings. The minimum atomic E-state index is -1.23. The molecule has 0 saturated heterocycles. The lowest BCUT2D eigenvalue weighted by Gasteiger charge is -2.16. The van der Waals surface area contributed by atoms with Gasteiger partial charge in [-0.3, -0.25) is 4.79 Å². The molecule has 0 fully saturated rings. The third-order valence-corrected chi connectivity index (χ3v) is 3.27. The van der Waals surface area contributed by atoms with E-state index in [0.29, 0.717) is 11.1 Å². The zero-order chi connectivity index (χ0) is 16.3. The molecular formula is C17H16FNO3. The number of aryl methyl sites for hydroxylation is 2. The van der Waals surface area contributed by atoms with Crippen molar-refractivity contribution in [3.63, 3.8) is 0 Å². The fourth-order valence-electron chi connectivity index (χ4n) is 2.15. The molecule has 0 bridgehead atoms. The number of carboxylic acids is 1. The van der Waals surface area contributed by atoms with Gasteiger partial charge in [0.15, 0.2) is 6.04 Å². The summed E-state index contributed by atoms with van der Waals surface area (Å²) >= 11 is 0. The van der Waals surface area contributed by atoms with Gasteiger partial charge in [0.25, 0.3) is 5.91 Å². The van der Waals surface area contributed by atoms with Gasteiger partial charge in [-0.1, -0.05) is 35.9 Å². The number of carboxylic acid groups (broad SMARTS) is 1. The minimum absolute atomic E-state index is 0.176. The van der Waals surface area contributed by atoms with Crippen molar-refractivity contribution in [3.8, 4) is 0 Å². The molecule has 2 aromatic carbocycles. The highest BCUT2D eigenvalue weighted by atomic mass is 19.1. The molecule has 0 aliphatic carbocycles. The Labute approximate surface area is 127 Å². The molecule has 1 atom stereocenters. The van der Waals surface area contributed by atoms with Crippen LogP contribution in [0, 0.1) is 19.7 Å². The largest absolute Gasteiger partial charge is 0.479 e. The minimum Gasteiger partial charge on any atom is -0.479 e. The topological polar surface area (TPSA) is 66.4 Å². The fraction of sp³-hybridized carbons (Fsp3) is 0.176. The molecule has 22 heavy (non-hydrogen) atoms. The van der Waals surface area contributed by atoms with E-state index in [4.69, 9.17) is 0 Å². The second-order valence-corrected chi connectivity index (χ2v) is 5.14. The molecule has 0 aromatic heterocycles. The van der Waals surface area contributed by atoms with Crippen LogP contribution in [0.3, 0.4) is 0 Å². The van der Waals surface area contributed by atoms with E-state index in [9.17, 15) is 19.1 Å². The molecule has 0 aliphatic heterocycles. The van der Waals surface area contributed by atoms with E-state index in [1.165, 1.54) is 12.1 Å². The Bertz CT molecular complexity index is 728. The number of rotatable bonds is 4. The van der Waals surface area contributed by atoms with Gasteiger partial charge in [0.1, 0.15) is 5.82 Å². The summed E-state index contributed by atoms with van der Waals surface area (Å²) in [7, 11) is 0. The van der Waals surface area contributed by atoms with Crippen LogP contribution >= 0.6 is 0 Å². The lowest BCUT2D eigenvalue weighted by molar-refractivity contribution is -0.139. The number of halogens is 1. The van der Waals surface area contributed by atoms with Gasteiger partial charge in [-0.15, -0.1) is 0 Å². The third-order valence-electron chi connectivity index (χ3n) is 3.27. The van der Waals surface area contributed by atoms with Crippen LogP contribution in [0.4, 0.5) is 4.39 Å². The van der Waals surface area contributed by atoms with Crippen LogP contribution < -0.4 is 5.32 Å². The number of amides is 1. The van der Waals surface area contributed by atoms with Crippen LogP contribution in [0.15, 0.2) is 42.5 Å². The third kappa shape index (κ3) is 3.49. The van der Waals surface area contributed by atoms with Gasteiger partial charge in [-0.05, 0) is 37.1 Å².